The van der Waals surface area contributed by atoms with E-state index in [1.54, 1.807) is 13.0 Å². The van der Waals surface area contributed by atoms with E-state index in [1.165, 1.54) is 24.3 Å². The van der Waals surface area contributed by atoms with Crippen molar-refractivity contribution in [3.05, 3.63) is 47.5 Å². The molecule has 0 bridgehead atoms. The summed E-state index contributed by atoms with van der Waals surface area (Å²) in [5.74, 6) is -0.571. The van der Waals surface area contributed by atoms with Crippen molar-refractivity contribution in [3.8, 4) is 0 Å². The number of halogens is 1. The molecule has 0 fully saturated rings. The van der Waals surface area contributed by atoms with E-state index < -0.39 is 23.7 Å². The van der Waals surface area contributed by atoms with Crippen LogP contribution in [0.3, 0.4) is 0 Å². The lowest BCUT2D eigenvalue weighted by atomic mass is 10.0. The van der Waals surface area contributed by atoms with Crippen LogP contribution in [0.5, 0.6) is 0 Å². The summed E-state index contributed by atoms with van der Waals surface area (Å²) in [6.07, 6.45) is 0. The Labute approximate surface area is 133 Å². The fourth-order valence-electron chi connectivity index (χ4n) is 1.99. The van der Waals surface area contributed by atoms with Crippen LogP contribution in [0, 0.1) is 18.7 Å². The lowest BCUT2D eigenvalue weighted by Crippen LogP contribution is -2.47. The minimum Gasteiger partial charge on any atom is -0.360 e. The molecule has 0 aliphatic heterocycles. The second-order valence-corrected chi connectivity index (χ2v) is 5.51. The SMILES string of the molecule is Cc1cc(NC(=O)[C@@H](NC(=O)c2ccc(F)cc2)C(C)C)no1. The number of aromatic nitrogens is 1. The van der Waals surface area contributed by atoms with E-state index >= 15 is 0 Å². The highest BCUT2D eigenvalue weighted by Gasteiger charge is 2.25. The molecule has 2 aromatic rings. The van der Waals surface area contributed by atoms with E-state index in [-0.39, 0.29) is 17.3 Å². The summed E-state index contributed by atoms with van der Waals surface area (Å²) >= 11 is 0. The monoisotopic (exact) mass is 319 g/mol. The van der Waals surface area contributed by atoms with E-state index in [1.807, 2.05) is 13.8 Å². The Balaban J connectivity index is 2.07. The van der Waals surface area contributed by atoms with Gasteiger partial charge in [-0.1, -0.05) is 19.0 Å². The normalized spacial score (nSPS) is 12.0. The number of benzene rings is 1. The number of aryl methyl sites for hydroxylation is 1. The van der Waals surface area contributed by atoms with Crippen molar-refractivity contribution in [2.75, 3.05) is 5.32 Å². The minimum atomic E-state index is -0.760. The van der Waals surface area contributed by atoms with Gasteiger partial charge in [0, 0.05) is 11.6 Å². The molecule has 1 aromatic carbocycles. The molecular formula is C16H18FN3O3. The largest absolute Gasteiger partial charge is 0.360 e. The highest BCUT2D eigenvalue weighted by Crippen LogP contribution is 2.11. The molecule has 7 heteroatoms. The highest BCUT2D eigenvalue weighted by atomic mass is 19.1. The van der Waals surface area contributed by atoms with Gasteiger partial charge in [-0.15, -0.1) is 0 Å². The fourth-order valence-corrected chi connectivity index (χ4v) is 1.99. The first-order valence-corrected chi connectivity index (χ1v) is 7.17. The quantitative estimate of drug-likeness (QED) is 0.887. The number of amides is 2. The minimum absolute atomic E-state index is 0.146. The van der Waals surface area contributed by atoms with Gasteiger partial charge in [0.15, 0.2) is 5.82 Å². The third kappa shape index (κ3) is 4.38. The van der Waals surface area contributed by atoms with Gasteiger partial charge in [0.1, 0.15) is 17.6 Å². The summed E-state index contributed by atoms with van der Waals surface area (Å²) in [6, 6.07) is 5.93. The smallest absolute Gasteiger partial charge is 0.251 e. The number of carbonyl (C=O) groups is 2. The zero-order valence-electron chi connectivity index (χ0n) is 13.1. The van der Waals surface area contributed by atoms with Crippen LogP contribution in [0.15, 0.2) is 34.9 Å². The molecule has 0 saturated carbocycles. The third-order valence-electron chi connectivity index (χ3n) is 3.22. The highest BCUT2D eigenvalue weighted by molar-refractivity contribution is 6.00. The molecule has 1 atom stereocenters. The van der Waals surface area contributed by atoms with Gasteiger partial charge in [0.25, 0.3) is 5.91 Å². The van der Waals surface area contributed by atoms with Gasteiger partial charge in [0.2, 0.25) is 5.91 Å². The van der Waals surface area contributed by atoms with Crippen molar-refractivity contribution < 1.29 is 18.5 Å². The fraction of sp³-hybridized carbons (Fsp3) is 0.312. The second kappa shape index (κ2) is 7.04. The molecule has 1 aromatic heterocycles. The molecule has 0 spiro atoms. The van der Waals surface area contributed by atoms with Crippen molar-refractivity contribution in [3.63, 3.8) is 0 Å². The number of rotatable bonds is 5. The van der Waals surface area contributed by atoms with Gasteiger partial charge in [-0.25, -0.2) is 4.39 Å². The van der Waals surface area contributed by atoms with Crippen LogP contribution in [-0.2, 0) is 4.79 Å². The van der Waals surface area contributed by atoms with Gasteiger partial charge in [-0.05, 0) is 37.1 Å². The molecule has 0 saturated heterocycles. The van der Waals surface area contributed by atoms with E-state index in [2.05, 4.69) is 15.8 Å². The molecule has 0 radical (unpaired) electrons. The summed E-state index contributed by atoms with van der Waals surface area (Å²) in [6.45, 7) is 5.32. The lowest BCUT2D eigenvalue weighted by molar-refractivity contribution is -0.118. The Morgan fingerprint density at radius 1 is 1.22 bits per heavy atom. The van der Waals surface area contributed by atoms with Gasteiger partial charge in [-0.2, -0.15) is 0 Å². The molecular weight excluding hydrogens is 301 g/mol. The zero-order chi connectivity index (χ0) is 17.0. The first kappa shape index (κ1) is 16.7. The zero-order valence-corrected chi connectivity index (χ0v) is 13.1. The third-order valence-corrected chi connectivity index (χ3v) is 3.22. The van der Waals surface area contributed by atoms with Crippen LogP contribution in [0.4, 0.5) is 10.2 Å². The van der Waals surface area contributed by atoms with E-state index in [0.717, 1.165) is 0 Å². The van der Waals surface area contributed by atoms with Gasteiger partial charge in [-0.3, -0.25) is 9.59 Å². The van der Waals surface area contributed by atoms with E-state index in [9.17, 15) is 14.0 Å². The molecule has 1 heterocycles. The van der Waals surface area contributed by atoms with Crippen molar-refractivity contribution in [2.45, 2.75) is 26.8 Å². The average Bonchev–Trinajstić information content (AvgIpc) is 2.89. The number of carbonyl (C=O) groups excluding carboxylic acids is 2. The van der Waals surface area contributed by atoms with Crippen LogP contribution in [0.2, 0.25) is 0 Å². The second-order valence-electron chi connectivity index (χ2n) is 5.51. The van der Waals surface area contributed by atoms with E-state index in [0.29, 0.717) is 5.76 Å². The Morgan fingerprint density at radius 2 is 1.87 bits per heavy atom. The molecule has 2 amide bonds. The Hall–Kier alpha value is -2.70. The molecule has 23 heavy (non-hydrogen) atoms. The van der Waals surface area contributed by atoms with E-state index in [4.69, 9.17) is 4.52 Å². The van der Waals surface area contributed by atoms with Gasteiger partial charge in [0.05, 0.1) is 0 Å². The first-order chi connectivity index (χ1) is 10.9. The summed E-state index contributed by atoms with van der Waals surface area (Å²) < 4.78 is 17.8. The predicted molar refractivity (Wildman–Crippen MR) is 82.4 cm³/mol. The number of hydrogen-bond acceptors (Lipinski definition) is 4. The number of nitrogens with one attached hydrogen (secondary N) is 2. The summed E-state index contributed by atoms with van der Waals surface area (Å²) in [5.41, 5.74) is 0.280. The molecule has 0 unspecified atom stereocenters. The number of nitrogens with zero attached hydrogens (tertiary/aromatic N) is 1. The number of anilines is 1. The van der Waals surface area contributed by atoms with Crippen molar-refractivity contribution in [2.24, 2.45) is 5.92 Å². The summed E-state index contributed by atoms with van der Waals surface area (Å²) in [4.78, 5) is 24.5. The average molecular weight is 319 g/mol. The van der Waals surface area contributed by atoms with Crippen LogP contribution in [0.25, 0.3) is 0 Å². The molecule has 0 aliphatic rings. The molecule has 2 rings (SSSR count). The molecule has 0 aliphatic carbocycles. The standard InChI is InChI=1S/C16H18FN3O3/c1-9(2)14(16(22)18-13-8-10(3)23-20-13)19-15(21)11-4-6-12(17)7-5-11/h4-9,14H,1-3H3,(H,19,21)(H,18,20,22)/t14-/m0/s1. The molecule has 6 nitrogen and oxygen atoms in total. The predicted octanol–water partition coefficient (Wildman–Crippen LogP) is 2.52. The lowest BCUT2D eigenvalue weighted by Gasteiger charge is -2.21. The van der Waals surface area contributed by atoms with Crippen molar-refractivity contribution in [1.29, 1.82) is 0 Å². The van der Waals surface area contributed by atoms with Crippen molar-refractivity contribution >= 4 is 17.6 Å². The van der Waals surface area contributed by atoms with Crippen LogP contribution in [-0.4, -0.2) is 23.0 Å². The Morgan fingerprint density at radius 3 is 2.39 bits per heavy atom. The van der Waals surface area contributed by atoms with Gasteiger partial charge >= 0.3 is 0 Å². The summed E-state index contributed by atoms with van der Waals surface area (Å²) in [7, 11) is 0. The maximum absolute atomic E-state index is 12.9. The molecule has 122 valence electrons. The Bertz CT molecular complexity index is 695. The van der Waals surface area contributed by atoms with Crippen LogP contribution in [0.1, 0.15) is 30.0 Å². The topological polar surface area (TPSA) is 84.2 Å². The number of hydrogen-bond donors (Lipinski definition) is 2. The van der Waals surface area contributed by atoms with Gasteiger partial charge < -0.3 is 15.2 Å². The Kier molecular flexibility index (Phi) is 5.10. The first-order valence-electron chi connectivity index (χ1n) is 7.17. The van der Waals surface area contributed by atoms with Crippen LogP contribution >= 0.6 is 0 Å². The maximum atomic E-state index is 12.9. The maximum Gasteiger partial charge on any atom is 0.251 e. The van der Waals surface area contributed by atoms with Crippen LogP contribution < -0.4 is 10.6 Å². The summed E-state index contributed by atoms with van der Waals surface area (Å²) in [5, 5.41) is 8.92. The molecule has 2 N–H and O–H groups in total. The van der Waals surface area contributed by atoms with Crippen molar-refractivity contribution in [1.82, 2.24) is 10.5 Å².